The number of aryl methyl sites for hydroxylation is 2. The van der Waals surface area contributed by atoms with E-state index in [1.807, 2.05) is 81.0 Å². The van der Waals surface area contributed by atoms with Crippen molar-refractivity contribution in [2.45, 2.75) is 0 Å². The lowest BCUT2D eigenvalue weighted by atomic mass is 9.95. The Kier molecular flexibility index (Phi) is 5.02. The summed E-state index contributed by atoms with van der Waals surface area (Å²) in [7, 11) is 4.05. The van der Waals surface area contributed by atoms with Crippen molar-refractivity contribution in [2.24, 2.45) is 14.1 Å². The Morgan fingerprint density at radius 2 is 1.39 bits per heavy atom. The number of fused-ring (bicyclic) bond motifs is 3. The van der Waals surface area contributed by atoms with E-state index in [0.717, 1.165) is 78.5 Å². The van der Waals surface area contributed by atoms with Gasteiger partial charge in [-0.25, -0.2) is 9.97 Å². The number of hydrogen-bond acceptors (Lipinski definition) is 3. The van der Waals surface area contributed by atoms with Crippen molar-refractivity contribution >= 4 is 33.7 Å². The van der Waals surface area contributed by atoms with Crippen LogP contribution < -0.4 is 4.98 Å². The normalized spacial score (nSPS) is 12.1. The molecule has 6 heteroatoms. The minimum absolute atomic E-state index is 0.837. The summed E-state index contributed by atoms with van der Waals surface area (Å²) in [5.74, 6) is 1.70. The Morgan fingerprint density at radius 3 is 2.07 bits per heavy atom. The minimum atomic E-state index is 0.837. The molecule has 6 nitrogen and oxygen atoms in total. The first-order chi connectivity index (χ1) is 20.2. The largest absolute Gasteiger partial charge is 0.348 e. The van der Waals surface area contributed by atoms with Crippen LogP contribution in [0.1, 0.15) is 16.7 Å². The third-order valence-corrected chi connectivity index (χ3v) is 7.81. The number of aromatic nitrogens is 6. The lowest BCUT2D eigenvalue weighted by Crippen LogP contribution is -2.02. The van der Waals surface area contributed by atoms with Crippen LogP contribution in [-0.4, -0.2) is 24.1 Å². The fourth-order valence-electron chi connectivity index (χ4n) is 5.69. The quantitative estimate of drug-likeness (QED) is 0.252. The van der Waals surface area contributed by atoms with Crippen LogP contribution in [0.15, 0.2) is 103 Å². The first-order valence-corrected chi connectivity index (χ1v) is 13.4. The molecule has 4 aromatic heterocycles. The van der Waals surface area contributed by atoms with Crippen LogP contribution in [0.5, 0.6) is 0 Å². The summed E-state index contributed by atoms with van der Waals surface area (Å²) < 4.78 is 4.16. The maximum Gasteiger partial charge on any atom is 0.348 e. The van der Waals surface area contributed by atoms with Crippen molar-refractivity contribution in [3.05, 3.63) is 126 Å². The number of rotatable bonds is 4. The Morgan fingerprint density at radius 1 is 0.683 bits per heavy atom. The lowest BCUT2D eigenvalue weighted by molar-refractivity contribution is -0.279. The average Bonchev–Trinajstić information content (AvgIpc) is 3.71. The molecule has 0 saturated heterocycles. The fraction of sp³-hybridized carbons (Fsp3) is 0.0571. The van der Waals surface area contributed by atoms with Crippen molar-refractivity contribution in [2.75, 3.05) is 0 Å². The van der Waals surface area contributed by atoms with Gasteiger partial charge in [-0.05, 0) is 65.2 Å². The van der Waals surface area contributed by atoms with E-state index < -0.39 is 0 Å². The van der Waals surface area contributed by atoms with Crippen molar-refractivity contribution in [3.8, 4) is 34.2 Å². The molecule has 4 heterocycles. The number of hydrogen-bond donors (Lipinski definition) is 0. The van der Waals surface area contributed by atoms with Gasteiger partial charge in [0.25, 0.3) is 0 Å². The van der Waals surface area contributed by atoms with Crippen LogP contribution in [0.3, 0.4) is 0 Å². The van der Waals surface area contributed by atoms with E-state index in [1.165, 1.54) is 0 Å². The van der Waals surface area contributed by atoms with E-state index in [1.54, 1.807) is 0 Å². The molecule has 0 amide bonds. The molecule has 8 rings (SSSR count). The molecule has 0 fully saturated rings. The van der Waals surface area contributed by atoms with Gasteiger partial charge in [-0.15, -0.1) is 5.73 Å². The van der Waals surface area contributed by atoms with Crippen LogP contribution in [0.25, 0.3) is 67.9 Å². The first-order valence-electron chi connectivity index (χ1n) is 13.4. The highest BCUT2D eigenvalue weighted by molar-refractivity contribution is 5.94. The van der Waals surface area contributed by atoms with Gasteiger partial charge in [0.15, 0.2) is 11.6 Å². The van der Waals surface area contributed by atoms with Gasteiger partial charge in [-0.1, -0.05) is 36.4 Å². The van der Waals surface area contributed by atoms with Gasteiger partial charge in [-0.2, -0.15) is 0 Å². The predicted octanol–water partition coefficient (Wildman–Crippen LogP) is 6.31. The molecule has 1 aliphatic rings. The van der Waals surface area contributed by atoms with Crippen molar-refractivity contribution in [1.29, 1.82) is 0 Å². The van der Waals surface area contributed by atoms with Crippen LogP contribution in [0, 0.1) is 6.20 Å². The molecule has 0 aliphatic heterocycles. The van der Waals surface area contributed by atoms with Crippen molar-refractivity contribution < 1.29 is 4.98 Å². The second-order valence-corrected chi connectivity index (χ2v) is 10.2. The molecule has 192 valence electrons. The summed E-state index contributed by atoms with van der Waals surface area (Å²) in [5.41, 5.74) is 15.4. The summed E-state index contributed by atoms with van der Waals surface area (Å²) in [4.78, 5) is 19.1. The zero-order valence-corrected chi connectivity index (χ0v) is 22.5. The van der Waals surface area contributed by atoms with Crippen molar-refractivity contribution in [3.63, 3.8) is 0 Å². The molecule has 41 heavy (non-hydrogen) atoms. The molecule has 0 saturated carbocycles. The first kappa shape index (κ1) is 23.2. The molecule has 0 bridgehead atoms. The van der Waals surface area contributed by atoms with Crippen molar-refractivity contribution in [1.82, 2.24) is 24.1 Å². The smallest absolute Gasteiger partial charge is 0.326 e. The van der Waals surface area contributed by atoms with Gasteiger partial charge < -0.3 is 9.13 Å². The number of nitrogens with zero attached hydrogens (tertiary/aromatic N) is 6. The van der Waals surface area contributed by atoms with Crippen LogP contribution >= 0.6 is 0 Å². The zero-order chi connectivity index (χ0) is 27.5. The van der Waals surface area contributed by atoms with Crippen LogP contribution in [0.4, 0.5) is 0 Å². The molecule has 1 aliphatic carbocycles. The number of benzene rings is 3. The SMILES string of the molecule is Cn1c(-c2c#[n+]c(-c3cccc4c3C=C=C4c3ccc(-c4nc5ccccc5n4C)nc3)cc2)nc2ccccc21. The molecule has 3 aromatic carbocycles. The standard InChI is InChI=1S/C35H23N6/c1-40-32-12-5-3-10-29(32)38-34(40)23-15-18-28(36-21-23)27-9-7-8-25-24(16-17-26(25)27)22-14-19-31(37-20-22)35-39-30-11-4-6-13-33(30)41(35)2/h3-15,17-20H,1-2H3/q+1. The second-order valence-electron chi connectivity index (χ2n) is 10.2. The summed E-state index contributed by atoms with van der Waals surface area (Å²) in [5, 5.41) is 0. The summed E-state index contributed by atoms with van der Waals surface area (Å²) in [6, 6.07) is 30.7. The molecular formula is C35H23N6+. The Bertz CT molecular complexity index is 2190. The zero-order valence-electron chi connectivity index (χ0n) is 22.5. The molecule has 0 N–H and O–H groups in total. The van der Waals surface area contributed by atoms with Gasteiger partial charge in [-0.3, -0.25) is 4.98 Å². The van der Waals surface area contributed by atoms with Gasteiger partial charge >= 0.3 is 11.9 Å². The number of pyridine rings is 1. The fourth-order valence-corrected chi connectivity index (χ4v) is 5.69. The van der Waals surface area contributed by atoms with E-state index in [-0.39, 0.29) is 0 Å². The average molecular weight is 528 g/mol. The maximum atomic E-state index is 4.79. The Labute approximate surface area is 236 Å². The molecule has 0 spiro atoms. The van der Waals surface area contributed by atoms with Crippen LogP contribution in [-0.2, 0) is 14.1 Å². The highest BCUT2D eigenvalue weighted by atomic mass is 15.1. The maximum absolute atomic E-state index is 4.79. The van der Waals surface area contributed by atoms with Gasteiger partial charge in [0.1, 0.15) is 11.3 Å². The predicted molar refractivity (Wildman–Crippen MR) is 160 cm³/mol. The molecule has 7 aromatic rings. The highest BCUT2D eigenvalue weighted by Gasteiger charge is 2.22. The third-order valence-electron chi connectivity index (χ3n) is 7.81. The molecular weight excluding hydrogens is 504 g/mol. The summed E-state index contributed by atoms with van der Waals surface area (Å²) >= 11 is 0. The summed E-state index contributed by atoms with van der Waals surface area (Å²) in [6.07, 6.45) is 7.18. The number of para-hydroxylation sites is 4. The summed E-state index contributed by atoms with van der Waals surface area (Å²) in [6.45, 7) is 0. The van der Waals surface area contributed by atoms with Crippen LogP contribution in [0.2, 0.25) is 0 Å². The minimum Gasteiger partial charge on any atom is -0.326 e. The van der Waals surface area contributed by atoms with E-state index in [2.05, 4.69) is 57.5 Å². The Balaban J connectivity index is 1.10. The number of imidazole rings is 2. The molecule has 0 atom stereocenters. The van der Waals surface area contributed by atoms with Gasteiger partial charge in [0.05, 0.1) is 27.6 Å². The third kappa shape index (κ3) is 3.61. The van der Waals surface area contributed by atoms with E-state index >= 15 is 0 Å². The molecule has 0 unspecified atom stereocenters. The topological polar surface area (TPSA) is 62.6 Å². The van der Waals surface area contributed by atoms with E-state index in [4.69, 9.17) is 19.9 Å². The lowest BCUT2D eigenvalue weighted by Gasteiger charge is -2.08. The van der Waals surface area contributed by atoms with Gasteiger partial charge in [0, 0.05) is 43.1 Å². The Hall–Kier alpha value is -5.76. The highest BCUT2D eigenvalue weighted by Crippen LogP contribution is 2.36. The van der Waals surface area contributed by atoms with E-state index in [0.29, 0.717) is 0 Å². The molecule has 0 radical (unpaired) electrons. The van der Waals surface area contributed by atoms with E-state index in [9.17, 15) is 0 Å². The second kappa shape index (κ2) is 8.89. The monoisotopic (exact) mass is 527 g/mol. The van der Waals surface area contributed by atoms with Gasteiger partial charge in [0.2, 0.25) is 0 Å².